The Hall–Kier alpha value is -3.05. The molecule has 1 aromatic carbocycles. The van der Waals surface area contributed by atoms with Crippen LogP contribution in [0.3, 0.4) is 0 Å². The predicted molar refractivity (Wildman–Crippen MR) is 129 cm³/mol. The van der Waals surface area contributed by atoms with Crippen molar-refractivity contribution in [3.05, 3.63) is 48.3 Å². The quantitative estimate of drug-likeness (QED) is 0.549. The van der Waals surface area contributed by atoms with Gasteiger partial charge in [0.25, 0.3) is 0 Å². The van der Waals surface area contributed by atoms with Crippen molar-refractivity contribution in [2.45, 2.75) is 19.8 Å². The maximum absolute atomic E-state index is 12.7. The SMILES string of the molecule is Cc1ccc(N2CC(C(=O)NCCCS(=O)(=O)N3CCN(c4ncccn4)CC3)CC2=O)cc1. The van der Waals surface area contributed by atoms with Gasteiger partial charge in [0.2, 0.25) is 27.8 Å². The van der Waals surface area contributed by atoms with Gasteiger partial charge in [-0.2, -0.15) is 4.31 Å². The highest BCUT2D eigenvalue weighted by Gasteiger charge is 2.35. The van der Waals surface area contributed by atoms with E-state index in [2.05, 4.69) is 15.3 Å². The summed E-state index contributed by atoms with van der Waals surface area (Å²) in [6.07, 6.45) is 3.81. The lowest BCUT2D eigenvalue weighted by atomic mass is 10.1. The number of anilines is 2. The zero-order chi connectivity index (χ0) is 24.1. The summed E-state index contributed by atoms with van der Waals surface area (Å²) >= 11 is 0. The van der Waals surface area contributed by atoms with Gasteiger partial charge in [-0.3, -0.25) is 9.59 Å². The second kappa shape index (κ2) is 10.5. The molecule has 2 amide bonds. The molecule has 0 spiro atoms. The minimum atomic E-state index is -3.41. The number of hydrogen-bond donors (Lipinski definition) is 1. The van der Waals surface area contributed by atoms with Crippen molar-refractivity contribution in [2.75, 3.05) is 54.8 Å². The van der Waals surface area contributed by atoms with E-state index >= 15 is 0 Å². The summed E-state index contributed by atoms with van der Waals surface area (Å²) in [6, 6.07) is 9.38. The Kier molecular flexibility index (Phi) is 7.42. The average molecular weight is 487 g/mol. The van der Waals surface area contributed by atoms with Gasteiger partial charge in [0.1, 0.15) is 0 Å². The van der Waals surface area contributed by atoms with Crippen molar-refractivity contribution in [2.24, 2.45) is 5.92 Å². The van der Waals surface area contributed by atoms with Gasteiger partial charge in [-0.25, -0.2) is 18.4 Å². The van der Waals surface area contributed by atoms with Crippen LogP contribution in [0.5, 0.6) is 0 Å². The van der Waals surface area contributed by atoms with E-state index in [-0.39, 0.29) is 30.5 Å². The highest BCUT2D eigenvalue weighted by atomic mass is 32.2. The molecule has 1 unspecified atom stereocenters. The molecule has 1 atom stereocenters. The second-order valence-electron chi connectivity index (χ2n) is 8.64. The number of rotatable bonds is 8. The van der Waals surface area contributed by atoms with Crippen LogP contribution in [0.1, 0.15) is 18.4 Å². The molecule has 2 saturated heterocycles. The fraction of sp³-hybridized carbons (Fsp3) is 0.478. The van der Waals surface area contributed by atoms with Gasteiger partial charge in [0.05, 0.1) is 11.7 Å². The Balaban J connectivity index is 1.19. The number of nitrogens with one attached hydrogen (secondary N) is 1. The van der Waals surface area contributed by atoms with Gasteiger partial charge < -0.3 is 15.1 Å². The van der Waals surface area contributed by atoms with E-state index in [9.17, 15) is 18.0 Å². The third kappa shape index (κ3) is 5.71. The molecule has 1 aromatic heterocycles. The van der Waals surface area contributed by atoms with Gasteiger partial charge in [-0.05, 0) is 31.5 Å². The highest BCUT2D eigenvalue weighted by Crippen LogP contribution is 2.25. The normalized spacial score (nSPS) is 19.4. The smallest absolute Gasteiger partial charge is 0.227 e. The van der Waals surface area contributed by atoms with Crippen LogP contribution in [0.4, 0.5) is 11.6 Å². The van der Waals surface area contributed by atoms with Crippen LogP contribution in [0.2, 0.25) is 0 Å². The number of nitrogens with zero attached hydrogens (tertiary/aromatic N) is 5. The molecule has 11 heteroatoms. The lowest BCUT2D eigenvalue weighted by Gasteiger charge is -2.33. The van der Waals surface area contributed by atoms with E-state index in [0.717, 1.165) is 11.3 Å². The van der Waals surface area contributed by atoms with Gasteiger partial charge in [0.15, 0.2) is 0 Å². The highest BCUT2D eigenvalue weighted by molar-refractivity contribution is 7.89. The molecular weight excluding hydrogens is 456 g/mol. The lowest BCUT2D eigenvalue weighted by molar-refractivity contribution is -0.126. The van der Waals surface area contributed by atoms with Gasteiger partial charge in [-0.1, -0.05) is 17.7 Å². The molecule has 0 radical (unpaired) electrons. The van der Waals surface area contributed by atoms with E-state index in [1.807, 2.05) is 36.1 Å². The van der Waals surface area contributed by atoms with Crippen LogP contribution < -0.4 is 15.1 Å². The van der Waals surface area contributed by atoms with Crippen LogP contribution in [0, 0.1) is 12.8 Å². The molecule has 3 heterocycles. The van der Waals surface area contributed by atoms with Crippen molar-refractivity contribution in [1.82, 2.24) is 19.6 Å². The maximum Gasteiger partial charge on any atom is 0.227 e. The molecule has 4 rings (SSSR count). The maximum atomic E-state index is 12.7. The fourth-order valence-electron chi connectivity index (χ4n) is 4.22. The molecule has 0 aliphatic carbocycles. The molecule has 2 fully saturated rings. The molecule has 0 saturated carbocycles. The molecule has 2 aromatic rings. The first-order chi connectivity index (χ1) is 16.3. The summed E-state index contributed by atoms with van der Waals surface area (Å²) in [4.78, 5) is 37.0. The standard InChI is InChI=1S/C23H30N6O4S/c1-18-4-6-20(7-5-18)29-17-19(16-21(29)30)22(31)24-10-3-15-34(32,33)28-13-11-27(12-14-28)23-25-8-2-9-26-23/h2,4-9,19H,3,10-17H2,1H3,(H,24,31). The number of aromatic nitrogens is 2. The van der Waals surface area contributed by atoms with Crippen molar-refractivity contribution in [3.63, 3.8) is 0 Å². The first-order valence-corrected chi connectivity index (χ1v) is 13.1. The summed E-state index contributed by atoms with van der Waals surface area (Å²) in [7, 11) is -3.41. The fourth-order valence-corrected chi connectivity index (χ4v) is 5.70. The Bertz CT molecular complexity index is 1100. The van der Waals surface area contributed by atoms with Crippen molar-refractivity contribution >= 4 is 33.5 Å². The van der Waals surface area contributed by atoms with Crippen LogP contribution in [0.15, 0.2) is 42.7 Å². The van der Waals surface area contributed by atoms with Gasteiger partial charge in [-0.15, -0.1) is 0 Å². The zero-order valence-electron chi connectivity index (χ0n) is 19.3. The van der Waals surface area contributed by atoms with E-state index in [4.69, 9.17) is 0 Å². The third-order valence-corrected chi connectivity index (χ3v) is 8.14. The number of aryl methyl sites for hydroxylation is 1. The summed E-state index contributed by atoms with van der Waals surface area (Å²) < 4.78 is 26.9. The Labute approximate surface area is 200 Å². The van der Waals surface area contributed by atoms with Crippen LogP contribution in [-0.2, 0) is 19.6 Å². The van der Waals surface area contributed by atoms with Crippen molar-refractivity contribution < 1.29 is 18.0 Å². The van der Waals surface area contributed by atoms with Crippen molar-refractivity contribution in [1.29, 1.82) is 0 Å². The van der Waals surface area contributed by atoms with E-state index in [1.54, 1.807) is 23.4 Å². The number of piperazine rings is 1. The Morgan fingerprint density at radius 2 is 1.76 bits per heavy atom. The van der Waals surface area contributed by atoms with E-state index in [1.165, 1.54) is 4.31 Å². The Morgan fingerprint density at radius 1 is 1.09 bits per heavy atom. The first-order valence-electron chi connectivity index (χ1n) is 11.5. The molecule has 2 aliphatic rings. The van der Waals surface area contributed by atoms with E-state index < -0.39 is 15.9 Å². The van der Waals surface area contributed by atoms with Gasteiger partial charge >= 0.3 is 0 Å². The number of carbonyl (C=O) groups is 2. The van der Waals surface area contributed by atoms with E-state index in [0.29, 0.717) is 45.1 Å². The van der Waals surface area contributed by atoms with Crippen molar-refractivity contribution in [3.8, 4) is 0 Å². The second-order valence-corrected chi connectivity index (χ2v) is 10.7. The third-order valence-electron chi connectivity index (χ3n) is 6.19. The number of carbonyl (C=O) groups excluding carboxylic acids is 2. The average Bonchev–Trinajstić information content (AvgIpc) is 3.24. The number of benzene rings is 1. The lowest BCUT2D eigenvalue weighted by Crippen LogP contribution is -2.50. The molecule has 1 N–H and O–H groups in total. The monoisotopic (exact) mass is 486 g/mol. The molecule has 34 heavy (non-hydrogen) atoms. The summed E-state index contributed by atoms with van der Waals surface area (Å²) in [5.74, 6) is -0.149. The summed E-state index contributed by atoms with van der Waals surface area (Å²) in [6.45, 7) is 4.40. The number of sulfonamides is 1. The number of amides is 2. The molecule has 182 valence electrons. The van der Waals surface area contributed by atoms with Crippen LogP contribution in [-0.4, -0.2) is 79.5 Å². The molecule has 2 aliphatic heterocycles. The summed E-state index contributed by atoms with van der Waals surface area (Å²) in [5, 5.41) is 2.80. The largest absolute Gasteiger partial charge is 0.356 e. The molecule has 10 nitrogen and oxygen atoms in total. The summed E-state index contributed by atoms with van der Waals surface area (Å²) in [5.41, 5.74) is 1.89. The van der Waals surface area contributed by atoms with Crippen LogP contribution in [0.25, 0.3) is 0 Å². The molecular formula is C23H30N6O4S. The van der Waals surface area contributed by atoms with Crippen LogP contribution >= 0.6 is 0 Å². The van der Waals surface area contributed by atoms with Gasteiger partial charge in [0, 0.05) is 63.8 Å². The number of hydrogen-bond acceptors (Lipinski definition) is 7. The zero-order valence-corrected chi connectivity index (χ0v) is 20.1. The predicted octanol–water partition coefficient (Wildman–Crippen LogP) is 0.796. The minimum absolute atomic E-state index is 0.0335. The topological polar surface area (TPSA) is 116 Å². The Morgan fingerprint density at radius 3 is 2.44 bits per heavy atom. The first kappa shape index (κ1) is 24.1. The minimum Gasteiger partial charge on any atom is -0.356 e. The molecule has 0 bridgehead atoms.